The molecular weight excluding hydrogens is 236 g/mol. The molecule has 1 aromatic carbocycles. The van der Waals surface area contributed by atoms with Gasteiger partial charge in [-0.05, 0) is 39.1 Å². The zero-order valence-corrected chi connectivity index (χ0v) is 12.5. The lowest BCUT2D eigenvalue weighted by Crippen LogP contribution is -2.36. The first-order valence-corrected chi connectivity index (χ1v) is 6.94. The van der Waals surface area contributed by atoms with Crippen LogP contribution in [0.1, 0.15) is 26.3 Å². The average molecular weight is 262 g/mol. The number of guanidine groups is 1. The summed E-state index contributed by atoms with van der Waals surface area (Å²) >= 11 is 0. The summed E-state index contributed by atoms with van der Waals surface area (Å²) < 4.78 is 0. The number of aliphatic imine (C=N–C) groups is 1. The van der Waals surface area contributed by atoms with Crippen LogP contribution in [0.25, 0.3) is 0 Å². The minimum Gasteiger partial charge on any atom is -0.370 e. The average Bonchev–Trinajstić information content (AvgIpc) is 2.40. The van der Waals surface area contributed by atoms with Gasteiger partial charge in [-0.2, -0.15) is 0 Å². The Balaban J connectivity index is 2.50. The number of nitrogens with two attached hydrogens (primary N) is 1. The largest absolute Gasteiger partial charge is 0.370 e. The van der Waals surface area contributed by atoms with Gasteiger partial charge in [-0.1, -0.05) is 31.5 Å². The van der Waals surface area contributed by atoms with Gasteiger partial charge in [0, 0.05) is 11.7 Å². The Morgan fingerprint density at radius 1 is 1.26 bits per heavy atom. The van der Waals surface area contributed by atoms with E-state index in [-0.39, 0.29) is 0 Å². The van der Waals surface area contributed by atoms with Crippen molar-refractivity contribution in [1.82, 2.24) is 4.90 Å². The number of benzene rings is 1. The maximum atomic E-state index is 5.90. The van der Waals surface area contributed by atoms with Crippen molar-refractivity contribution in [3.8, 4) is 0 Å². The van der Waals surface area contributed by atoms with Crippen molar-refractivity contribution in [2.75, 3.05) is 25.0 Å². The summed E-state index contributed by atoms with van der Waals surface area (Å²) in [6.07, 6.45) is 0. The number of hydrogen-bond donors (Lipinski definition) is 2. The molecule has 1 rings (SSSR count). The standard InChI is InChI=1S/C15H26N4/c1-5-19(6-2)13(4)11-17-15(16)18-14-9-7-12(3)8-10-14/h7-10,13H,5-6,11H2,1-4H3,(H3,16,17,18). The second-order valence-corrected chi connectivity index (χ2v) is 4.79. The molecule has 0 fully saturated rings. The molecule has 0 spiro atoms. The molecule has 0 aromatic heterocycles. The van der Waals surface area contributed by atoms with Gasteiger partial charge in [-0.15, -0.1) is 0 Å². The zero-order valence-electron chi connectivity index (χ0n) is 12.5. The van der Waals surface area contributed by atoms with E-state index in [2.05, 4.69) is 42.9 Å². The SMILES string of the molecule is CCN(CC)C(C)CN=C(N)Nc1ccc(C)cc1. The van der Waals surface area contributed by atoms with Crippen LogP contribution in [0.5, 0.6) is 0 Å². The van der Waals surface area contributed by atoms with Crippen LogP contribution < -0.4 is 11.1 Å². The van der Waals surface area contributed by atoms with Crippen LogP contribution in [-0.4, -0.2) is 36.5 Å². The van der Waals surface area contributed by atoms with Gasteiger partial charge in [0.15, 0.2) is 5.96 Å². The van der Waals surface area contributed by atoms with Crippen molar-refractivity contribution in [3.05, 3.63) is 29.8 Å². The summed E-state index contributed by atoms with van der Waals surface area (Å²) in [6.45, 7) is 11.4. The van der Waals surface area contributed by atoms with Crippen molar-refractivity contribution in [3.63, 3.8) is 0 Å². The van der Waals surface area contributed by atoms with Crippen LogP contribution in [-0.2, 0) is 0 Å². The quantitative estimate of drug-likeness (QED) is 0.611. The number of nitrogens with zero attached hydrogens (tertiary/aromatic N) is 2. The molecule has 0 saturated heterocycles. The fourth-order valence-electron chi connectivity index (χ4n) is 2.02. The molecule has 1 unspecified atom stereocenters. The minimum atomic E-state index is 0.411. The highest BCUT2D eigenvalue weighted by molar-refractivity contribution is 5.92. The van der Waals surface area contributed by atoms with Gasteiger partial charge in [0.05, 0.1) is 6.54 Å². The molecular formula is C15H26N4. The maximum Gasteiger partial charge on any atom is 0.193 e. The van der Waals surface area contributed by atoms with Crippen LogP contribution in [0.4, 0.5) is 5.69 Å². The van der Waals surface area contributed by atoms with Crippen molar-refractivity contribution >= 4 is 11.6 Å². The lowest BCUT2D eigenvalue weighted by atomic mass is 10.2. The van der Waals surface area contributed by atoms with Crippen LogP contribution in [0.2, 0.25) is 0 Å². The topological polar surface area (TPSA) is 53.6 Å². The molecule has 0 saturated carbocycles. The lowest BCUT2D eigenvalue weighted by Gasteiger charge is -2.24. The van der Waals surface area contributed by atoms with Crippen molar-refractivity contribution in [2.45, 2.75) is 33.7 Å². The van der Waals surface area contributed by atoms with Crippen molar-refractivity contribution in [2.24, 2.45) is 10.7 Å². The number of rotatable bonds is 6. The first kappa shape index (κ1) is 15.5. The van der Waals surface area contributed by atoms with Gasteiger partial charge in [-0.25, -0.2) is 0 Å². The first-order valence-electron chi connectivity index (χ1n) is 6.94. The Labute approximate surface area is 116 Å². The van der Waals surface area contributed by atoms with Gasteiger partial charge in [0.25, 0.3) is 0 Å². The highest BCUT2D eigenvalue weighted by Crippen LogP contribution is 2.08. The molecule has 4 heteroatoms. The molecule has 19 heavy (non-hydrogen) atoms. The van der Waals surface area contributed by atoms with Crippen molar-refractivity contribution in [1.29, 1.82) is 0 Å². The summed E-state index contributed by atoms with van der Waals surface area (Å²) in [4.78, 5) is 6.76. The maximum absolute atomic E-state index is 5.90. The highest BCUT2D eigenvalue weighted by Gasteiger charge is 2.08. The van der Waals surface area contributed by atoms with Crippen LogP contribution in [0.15, 0.2) is 29.3 Å². The summed E-state index contributed by atoms with van der Waals surface area (Å²) in [5.41, 5.74) is 8.10. The van der Waals surface area contributed by atoms with E-state index in [0.717, 1.165) is 18.8 Å². The fraction of sp³-hybridized carbons (Fsp3) is 0.533. The molecule has 1 atom stereocenters. The second-order valence-electron chi connectivity index (χ2n) is 4.79. The van der Waals surface area contributed by atoms with Gasteiger partial charge in [0.2, 0.25) is 0 Å². The predicted molar refractivity (Wildman–Crippen MR) is 83.7 cm³/mol. The Kier molecular flexibility index (Phi) is 6.36. The van der Waals surface area contributed by atoms with Crippen molar-refractivity contribution < 1.29 is 0 Å². The molecule has 0 radical (unpaired) electrons. The van der Waals surface area contributed by atoms with E-state index >= 15 is 0 Å². The van der Waals surface area contributed by atoms with E-state index < -0.39 is 0 Å². The molecule has 0 aliphatic carbocycles. The summed E-state index contributed by atoms with van der Waals surface area (Å²) in [7, 11) is 0. The Bertz CT molecular complexity index is 393. The lowest BCUT2D eigenvalue weighted by molar-refractivity contribution is 0.237. The molecule has 4 nitrogen and oxygen atoms in total. The van der Waals surface area contributed by atoms with Gasteiger partial charge in [-0.3, -0.25) is 9.89 Å². The van der Waals surface area contributed by atoms with E-state index in [1.54, 1.807) is 0 Å². The highest BCUT2D eigenvalue weighted by atomic mass is 15.2. The van der Waals surface area contributed by atoms with E-state index in [1.165, 1.54) is 5.56 Å². The second kappa shape index (κ2) is 7.79. The number of aryl methyl sites for hydroxylation is 1. The Morgan fingerprint density at radius 3 is 2.37 bits per heavy atom. The smallest absolute Gasteiger partial charge is 0.193 e. The Hall–Kier alpha value is -1.55. The predicted octanol–water partition coefficient (Wildman–Crippen LogP) is 2.45. The molecule has 0 aliphatic rings. The molecule has 0 heterocycles. The molecule has 1 aromatic rings. The van der Waals surface area contributed by atoms with Crippen LogP contribution >= 0.6 is 0 Å². The monoisotopic (exact) mass is 262 g/mol. The summed E-state index contributed by atoms with van der Waals surface area (Å²) in [6, 6.07) is 8.52. The van der Waals surface area contributed by atoms with E-state index in [0.29, 0.717) is 18.5 Å². The summed E-state index contributed by atoms with van der Waals surface area (Å²) in [5.74, 6) is 0.475. The van der Waals surface area contributed by atoms with E-state index in [1.807, 2.05) is 24.3 Å². The fourth-order valence-corrected chi connectivity index (χ4v) is 2.02. The van der Waals surface area contributed by atoms with Gasteiger partial charge in [0.1, 0.15) is 0 Å². The van der Waals surface area contributed by atoms with Crippen LogP contribution in [0.3, 0.4) is 0 Å². The Morgan fingerprint density at radius 2 is 1.84 bits per heavy atom. The molecule has 0 amide bonds. The van der Waals surface area contributed by atoms with E-state index in [9.17, 15) is 0 Å². The third-order valence-corrected chi connectivity index (χ3v) is 3.29. The zero-order chi connectivity index (χ0) is 14.3. The van der Waals surface area contributed by atoms with Crippen LogP contribution in [0, 0.1) is 6.92 Å². The molecule has 0 aliphatic heterocycles. The minimum absolute atomic E-state index is 0.411. The van der Waals surface area contributed by atoms with Gasteiger partial charge < -0.3 is 11.1 Å². The first-order chi connectivity index (χ1) is 9.06. The third-order valence-electron chi connectivity index (χ3n) is 3.29. The third kappa shape index (κ3) is 5.30. The molecule has 0 bridgehead atoms. The normalized spacial score (nSPS) is 13.6. The number of anilines is 1. The number of nitrogens with one attached hydrogen (secondary N) is 1. The van der Waals surface area contributed by atoms with Gasteiger partial charge >= 0.3 is 0 Å². The molecule has 3 N–H and O–H groups in total. The van der Waals surface area contributed by atoms with E-state index in [4.69, 9.17) is 5.73 Å². The molecule has 106 valence electrons. The summed E-state index contributed by atoms with van der Waals surface area (Å²) in [5, 5.41) is 3.11. The number of hydrogen-bond acceptors (Lipinski definition) is 2. The number of likely N-dealkylation sites (N-methyl/N-ethyl adjacent to an activating group) is 1.